The number of fused-ring (bicyclic) bond motifs is 1. The van der Waals surface area contributed by atoms with Crippen LogP contribution in [0.25, 0.3) is 28.0 Å². The third-order valence-corrected chi connectivity index (χ3v) is 4.21. The zero-order valence-electron chi connectivity index (χ0n) is 13.0. The van der Waals surface area contributed by atoms with Crippen LogP contribution in [0.4, 0.5) is 0 Å². The zero-order chi connectivity index (χ0) is 16.7. The van der Waals surface area contributed by atoms with Gasteiger partial charge in [0.1, 0.15) is 5.65 Å². The number of rotatable bonds is 2. The Morgan fingerprint density at radius 3 is 2.58 bits per heavy atom. The molecule has 1 N–H and O–H groups in total. The van der Waals surface area contributed by atoms with E-state index < -0.39 is 0 Å². The number of hydrogen-bond acceptors (Lipinski definition) is 2. The molecule has 118 valence electrons. The van der Waals surface area contributed by atoms with Crippen LogP contribution in [-0.4, -0.2) is 14.8 Å². The lowest BCUT2D eigenvalue weighted by molar-refractivity contribution is 0.878. The molecule has 0 radical (unpaired) electrons. The van der Waals surface area contributed by atoms with Gasteiger partial charge in [-0.05, 0) is 30.7 Å². The van der Waals surface area contributed by atoms with E-state index in [1.165, 1.54) is 0 Å². The van der Waals surface area contributed by atoms with Gasteiger partial charge in [-0.25, -0.2) is 4.68 Å². The number of pyridine rings is 1. The Kier molecular flexibility index (Phi) is 3.47. The molecule has 4 aromatic rings. The number of nitrogens with one attached hydrogen (secondary N) is 1. The van der Waals surface area contributed by atoms with E-state index in [0.29, 0.717) is 21.7 Å². The summed E-state index contributed by atoms with van der Waals surface area (Å²) in [5.41, 5.74) is 3.83. The Labute approximate surface area is 143 Å². The summed E-state index contributed by atoms with van der Waals surface area (Å²) < 4.78 is 1.73. The predicted molar refractivity (Wildman–Crippen MR) is 96.9 cm³/mol. The first-order valence-corrected chi connectivity index (χ1v) is 7.95. The maximum atomic E-state index is 12.6. The first-order valence-electron chi connectivity index (χ1n) is 7.57. The Morgan fingerprint density at radius 2 is 1.83 bits per heavy atom. The molecular formula is C19H14ClN3O. The summed E-state index contributed by atoms with van der Waals surface area (Å²) in [6, 6.07) is 18.8. The molecule has 0 fully saturated rings. The first kappa shape index (κ1) is 14.7. The molecule has 0 aliphatic rings. The number of aromatic amines is 1. The van der Waals surface area contributed by atoms with Gasteiger partial charge in [-0.2, -0.15) is 5.10 Å². The number of nitrogens with zero attached hydrogens (tertiary/aromatic N) is 2. The summed E-state index contributed by atoms with van der Waals surface area (Å²) in [6.07, 6.45) is 0. The highest BCUT2D eigenvalue weighted by Crippen LogP contribution is 2.23. The topological polar surface area (TPSA) is 50.7 Å². The average Bonchev–Trinajstić information content (AvgIpc) is 2.93. The SMILES string of the molecule is Cc1nn(-c2cccc(Cl)c2)c2[nH]c(-c3ccccc3)cc(=O)c12. The summed E-state index contributed by atoms with van der Waals surface area (Å²) in [5.74, 6) is 0. The molecule has 2 aromatic heterocycles. The van der Waals surface area contributed by atoms with E-state index in [2.05, 4.69) is 10.1 Å². The van der Waals surface area contributed by atoms with Gasteiger partial charge in [0.15, 0.2) is 5.43 Å². The maximum absolute atomic E-state index is 12.6. The van der Waals surface area contributed by atoms with Crippen LogP contribution in [0, 0.1) is 6.92 Å². The van der Waals surface area contributed by atoms with Gasteiger partial charge >= 0.3 is 0 Å². The van der Waals surface area contributed by atoms with Crippen molar-refractivity contribution in [2.45, 2.75) is 6.92 Å². The second-order valence-electron chi connectivity index (χ2n) is 5.61. The molecule has 0 aliphatic heterocycles. The van der Waals surface area contributed by atoms with Crippen LogP contribution >= 0.6 is 11.6 Å². The van der Waals surface area contributed by atoms with Gasteiger partial charge in [0, 0.05) is 11.1 Å². The van der Waals surface area contributed by atoms with E-state index in [-0.39, 0.29) is 5.43 Å². The number of hydrogen-bond donors (Lipinski definition) is 1. The van der Waals surface area contributed by atoms with E-state index in [1.807, 2.05) is 61.5 Å². The van der Waals surface area contributed by atoms with Gasteiger partial charge in [0.25, 0.3) is 0 Å². The molecule has 0 atom stereocenters. The van der Waals surface area contributed by atoms with Crippen LogP contribution in [0.15, 0.2) is 65.5 Å². The molecule has 0 spiro atoms. The van der Waals surface area contributed by atoms with Gasteiger partial charge in [-0.3, -0.25) is 4.79 Å². The van der Waals surface area contributed by atoms with E-state index in [1.54, 1.807) is 10.7 Å². The standard InChI is InChI=1S/C19H14ClN3O/c1-12-18-17(24)11-16(13-6-3-2-4-7-13)21-19(18)23(22-12)15-9-5-8-14(20)10-15/h2-11H,1H3,(H,21,24). The summed E-state index contributed by atoms with van der Waals surface area (Å²) in [6.45, 7) is 1.83. The van der Waals surface area contributed by atoms with Crippen molar-refractivity contribution >= 4 is 22.6 Å². The molecule has 2 heterocycles. The normalized spacial score (nSPS) is 11.1. The fraction of sp³-hybridized carbons (Fsp3) is 0.0526. The van der Waals surface area contributed by atoms with Crippen LogP contribution in [0.1, 0.15) is 5.69 Å². The minimum Gasteiger partial charge on any atom is -0.339 e. The predicted octanol–water partition coefficient (Wildman–Crippen LogP) is 4.34. The molecule has 0 unspecified atom stereocenters. The number of H-pyrrole nitrogens is 1. The van der Waals surface area contributed by atoms with Crippen LogP contribution < -0.4 is 5.43 Å². The minimum absolute atomic E-state index is 0.0478. The van der Waals surface area contributed by atoms with Crippen molar-refractivity contribution in [2.75, 3.05) is 0 Å². The molecule has 0 saturated heterocycles. The third-order valence-electron chi connectivity index (χ3n) is 3.97. The molecule has 0 bridgehead atoms. The zero-order valence-corrected chi connectivity index (χ0v) is 13.7. The van der Waals surface area contributed by atoms with Gasteiger partial charge in [0.05, 0.1) is 22.5 Å². The lowest BCUT2D eigenvalue weighted by atomic mass is 10.1. The first-order chi connectivity index (χ1) is 11.6. The quantitative estimate of drug-likeness (QED) is 0.592. The van der Waals surface area contributed by atoms with Crippen molar-refractivity contribution in [3.63, 3.8) is 0 Å². The Balaban J connectivity index is 2.03. The molecule has 2 aromatic carbocycles. The molecular weight excluding hydrogens is 322 g/mol. The third kappa shape index (κ3) is 2.41. The number of aryl methyl sites for hydroxylation is 1. The van der Waals surface area contributed by atoms with Gasteiger partial charge in [-0.15, -0.1) is 0 Å². The van der Waals surface area contributed by atoms with Gasteiger partial charge in [-0.1, -0.05) is 48.0 Å². The van der Waals surface area contributed by atoms with Crippen molar-refractivity contribution in [3.8, 4) is 16.9 Å². The summed E-state index contributed by atoms with van der Waals surface area (Å²) in [7, 11) is 0. The van der Waals surface area contributed by atoms with Gasteiger partial charge < -0.3 is 4.98 Å². The van der Waals surface area contributed by atoms with E-state index in [9.17, 15) is 4.79 Å². The molecule has 5 heteroatoms. The van der Waals surface area contributed by atoms with Crippen molar-refractivity contribution in [1.29, 1.82) is 0 Å². The monoisotopic (exact) mass is 335 g/mol. The highest BCUT2D eigenvalue weighted by molar-refractivity contribution is 6.30. The van der Waals surface area contributed by atoms with Crippen LogP contribution in [0.5, 0.6) is 0 Å². The Hall–Kier alpha value is -2.85. The van der Waals surface area contributed by atoms with Crippen LogP contribution in [0.2, 0.25) is 5.02 Å². The summed E-state index contributed by atoms with van der Waals surface area (Å²) in [4.78, 5) is 16.0. The number of benzene rings is 2. The van der Waals surface area contributed by atoms with Crippen molar-refractivity contribution in [1.82, 2.24) is 14.8 Å². The van der Waals surface area contributed by atoms with Crippen molar-refractivity contribution in [3.05, 3.63) is 81.6 Å². The molecule has 24 heavy (non-hydrogen) atoms. The van der Waals surface area contributed by atoms with E-state index >= 15 is 0 Å². The second kappa shape index (κ2) is 5.65. The van der Waals surface area contributed by atoms with Crippen molar-refractivity contribution < 1.29 is 0 Å². The highest BCUT2D eigenvalue weighted by atomic mass is 35.5. The fourth-order valence-corrected chi connectivity index (χ4v) is 3.06. The van der Waals surface area contributed by atoms with Crippen molar-refractivity contribution in [2.24, 2.45) is 0 Å². The summed E-state index contributed by atoms with van der Waals surface area (Å²) >= 11 is 6.10. The Morgan fingerprint density at radius 1 is 1.04 bits per heavy atom. The smallest absolute Gasteiger partial charge is 0.193 e. The van der Waals surface area contributed by atoms with E-state index in [0.717, 1.165) is 16.9 Å². The number of halogens is 1. The van der Waals surface area contributed by atoms with Crippen LogP contribution in [-0.2, 0) is 0 Å². The lowest BCUT2D eigenvalue weighted by Crippen LogP contribution is -2.05. The largest absolute Gasteiger partial charge is 0.339 e. The van der Waals surface area contributed by atoms with Gasteiger partial charge in [0.2, 0.25) is 0 Å². The maximum Gasteiger partial charge on any atom is 0.193 e. The minimum atomic E-state index is -0.0478. The molecule has 0 aliphatic carbocycles. The average molecular weight is 336 g/mol. The molecule has 0 saturated carbocycles. The molecule has 4 nitrogen and oxygen atoms in total. The highest BCUT2D eigenvalue weighted by Gasteiger charge is 2.14. The number of aromatic nitrogens is 3. The van der Waals surface area contributed by atoms with E-state index in [4.69, 9.17) is 11.6 Å². The lowest BCUT2D eigenvalue weighted by Gasteiger charge is -2.06. The molecule has 4 rings (SSSR count). The summed E-state index contributed by atoms with van der Waals surface area (Å²) in [5, 5.41) is 5.74. The fourth-order valence-electron chi connectivity index (χ4n) is 2.87. The second-order valence-corrected chi connectivity index (χ2v) is 6.05. The molecule has 0 amide bonds. The Bertz CT molecular complexity index is 1100. The van der Waals surface area contributed by atoms with Crippen LogP contribution in [0.3, 0.4) is 0 Å².